The molecule has 0 spiro atoms. The van der Waals surface area contributed by atoms with E-state index in [0.717, 1.165) is 4.90 Å². The predicted molar refractivity (Wildman–Crippen MR) is 106 cm³/mol. The Morgan fingerprint density at radius 2 is 1.78 bits per heavy atom. The smallest absolute Gasteiger partial charge is 0.319 e. The van der Waals surface area contributed by atoms with Crippen molar-refractivity contribution in [3.63, 3.8) is 0 Å². The zero-order chi connectivity index (χ0) is 19.8. The lowest BCUT2D eigenvalue weighted by atomic mass is 10.2. The van der Waals surface area contributed by atoms with Crippen molar-refractivity contribution in [1.82, 2.24) is 0 Å². The van der Waals surface area contributed by atoms with Gasteiger partial charge in [0.1, 0.15) is 16.7 Å². The van der Waals surface area contributed by atoms with E-state index in [0.29, 0.717) is 22.2 Å². The van der Waals surface area contributed by atoms with Crippen molar-refractivity contribution >= 4 is 40.9 Å². The van der Waals surface area contributed by atoms with E-state index in [9.17, 15) is 9.59 Å². The van der Waals surface area contributed by atoms with Crippen LogP contribution in [0.4, 0.5) is 5.69 Å². The van der Waals surface area contributed by atoms with E-state index < -0.39 is 23.7 Å². The van der Waals surface area contributed by atoms with Crippen molar-refractivity contribution in [2.75, 3.05) is 26.1 Å². The van der Waals surface area contributed by atoms with Crippen molar-refractivity contribution in [3.05, 3.63) is 47.5 Å². The second kappa shape index (κ2) is 10.1. The van der Waals surface area contributed by atoms with Gasteiger partial charge in [0.25, 0.3) is 5.91 Å². The molecule has 0 fully saturated rings. The van der Waals surface area contributed by atoms with Gasteiger partial charge in [-0.1, -0.05) is 29.8 Å². The average molecular weight is 410 g/mol. The van der Waals surface area contributed by atoms with E-state index in [1.165, 1.54) is 32.0 Å². The number of methoxy groups -OCH3 is 2. The van der Waals surface area contributed by atoms with Gasteiger partial charge in [-0.25, -0.2) is 0 Å². The number of carbonyl (C=O) groups excluding carboxylic acids is 2. The van der Waals surface area contributed by atoms with Crippen LogP contribution in [0.15, 0.2) is 47.4 Å². The predicted octanol–water partition coefficient (Wildman–Crippen LogP) is 4.02. The zero-order valence-corrected chi connectivity index (χ0v) is 16.7. The minimum atomic E-state index is -0.500. The highest BCUT2D eigenvalue weighted by Crippen LogP contribution is 2.35. The summed E-state index contributed by atoms with van der Waals surface area (Å²) < 4.78 is 15.4. The van der Waals surface area contributed by atoms with Crippen LogP contribution in [0.3, 0.4) is 0 Å². The Balaban J connectivity index is 1.90. The van der Waals surface area contributed by atoms with Crippen LogP contribution >= 0.6 is 23.4 Å². The Kier molecular flexibility index (Phi) is 7.82. The van der Waals surface area contributed by atoms with Gasteiger partial charge in [-0.2, -0.15) is 0 Å². The van der Waals surface area contributed by atoms with Crippen LogP contribution in [0.5, 0.6) is 11.5 Å². The molecule has 2 rings (SSSR count). The van der Waals surface area contributed by atoms with Crippen LogP contribution in [0, 0.1) is 0 Å². The minimum absolute atomic E-state index is 0.318. The summed E-state index contributed by atoms with van der Waals surface area (Å²) in [4.78, 5) is 25.1. The SMILES string of the molecule is COc1cc(OC)c(NC(=O)COC(=O)C(C)Sc2ccccc2)cc1Cl. The fourth-order valence-corrected chi connectivity index (χ4v) is 3.28. The van der Waals surface area contributed by atoms with E-state index in [2.05, 4.69) is 5.32 Å². The Morgan fingerprint density at radius 3 is 2.41 bits per heavy atom. The van der Waals surface area contributed by atoms with Gasteiger partial charge in [0, 0.05) is 11.0 Å². The van der Waals surface area contributed by atoms with Crippen LogP contribution in [0.2, 0.25) is 5.02 Å². The molecule has 1 N–H and O–H groups in total. The summed E-state index contributed by atoms with van der Waals surface area (Å²) in [5.41, 5.74) is 0.357. The highest BCUT2D eigenvalue weighted by atomic mass is 35.5. The second-order valence-electron chi connectivity index (χ2n) is 5.42. The van der Waals surface area contributed by atoms with Crippen molar-refractivity contribution in [1.29, 1.82) is 0 Å². The molecule has 2 aromatic rings. The molecule has 0 heterocycles. The van der Waals surface area contributed by atoms with Gasteiger partial charge in [-0.15, -0.1) is 11.8 Å². The molecule has 0 aliphatic heterocycles. The summed E-state index contributed by atoms with van der Waals surface area (Å²) >= 11 is 7.43. The molecule has 8 heteroatoms. The van der Waals surface area contributed by atoms with Gasteiger partial charge in [-0.3, -0.25) is 9.59 Å². The fraction of sp³-hybridized carbons (Fsp3) is 0.263. The Bertz CT molecular complexity index is 800. The van der Waals surface area contributed by atoms with Crippen LogP contribution in [-0.4, -0.2) is 38.0 Å². The first-order valence-corrected chi connectivity index (χ1v) is 9.30. The highest BCUT2D eigenvalue weighted by Gasteiger charge is 2.18. The number of ether oxygens (including phenoxy) is 3. The molecule has 6 nitrogen and oxygen atoms in total. The van der Waals surface area contributed by atoms with E-state index >= 15 is 0 Å². The summed E-state index contributed by atoms with van der Waals surface area (Å²) in [6, 6.07) is 12.6. The molecule has 1 amide bonds. The van der Waals surface area contributed by atoms with Gasteiger partial charge < -0.3 is 19.5 Å². The number of nitrogens with one attached hydrogen (secondary N) is 1. The lowest BCUT2D eigenvalue weighted by Crippen LogP contribution is -2.25. The van der Waals surface area contributed by atoms with Crippen LogP contribution < -0.4 is 14.8 Å². The maximum atomic E-state index is 12.1. The van der Waals surface area contributed by atoms with Gasteiger partial charge >= 0.3 is 5.97 Å². The number of hydrogen-bond acceptors (Lipinski definition) is 6. The number of hydrogen-bond donors (Lipinski definition) is 1. The van der Waals surface area contributed by atoms with Crippen LogP contribution in [-0.2, 0) is 14.3 Å². The standard InChI is InChI=1S/C19H20ClNO5S/c1-12(27-13-7-5-4-6-8-13)19(23)26-11-18(22)21-15-9-14(20)16(24-2)10-17(15)25-3/h4-10,12H,11H2,1-3H3,(H,21,22). The topological polar surface area (TPSA) is 73.9 Å². The summed E-state index contributed by atoms with van der Waals surface area (Å²) in [5.74, 6) is -0.174. The number of amides is 1. The third-order valence-electron chi connectivity index (χ3n) is 3.48. The maximum absolute atomic E-state index is 12.1. The number of benzene rings is 2. The van der Waals surface area contributed by atoms with Crippen molar-refractivity contribution in [2.45, 2.75) is 17.1 Å². The maximum Gasteiger partial charge on any atom is 0.319 e. The first-order chi connectivity index (χ1) is 12.9. The Labute approximate surface area is 167 Å². The van der Waals surface area contributed by atoms with Gasteiger partial charge in [0.2, 0.25) is 0 Å². The first kappa shape index (κ1) is 20.9. The fourth-order valence-electron chi connectivity index (χ4n) is 2.15. The molecule has 0 bridgehead atoms. The normalized spacial score (nSPS) is 11.4. The minimum Gasteiger partial charge on any atom is -0.495 e. The lowest BCUT2D eigenvalue weighted by Gasteiger charge is -2.14. The molecule has 0 saturated carbocycles. The number of rotatable bonds is 8. The highest BCUT2D eigenvalue weighted by molar-refractivity contribution is 8.00. The van der Waals surface area contributed by atoms with E-state index in [1.807, 2.05) is 30.3 Å². The number of halogens is 1. The molecule has 2 aromatic carbocycles. The summed E-state index contributed by atoms with van der Waals surface area (Å²) in [5, 5.41) is 2.49. The monoisotopic (exact) mass is 409 g/mol. The summed E-state index contributed by atoms with van der Waals surface area (Å²) in [6.45, 7) is 1.31. The molecule has 0 aliphatic carbocycles. The molecule has 0 saturated heterocycles. The van der Waals surface area contributed by atoms with Gasteiger partial charge in [-0.05, 0) is 25.1 Å². The zero-order valence-electron chi connectivity index (χ0n) is 15.2. The van der Waals surface area contributed by atoms with Gasteiger partial charge in [0.05, 0.1) is 24.9 Å². The Hall–Kier alpha value is -2.38. The summed E-state index contributed by atoms with van der Waals surface area (Å²) in [6.07, 6.45) is 0. The lowest BCUT2D eigenvalue weighted by molar-refractivity contribution is -0.146. The Morgan fingerprint density at radius 1 is 1.11 bits per heavy atom. The van der Waals surface area contributed by atoms with E-state index in [4.69, 9.17) is 25.8 Å². The third-order valence-corrected chi connectivity index (χ3v) is 4.87. The van der Waals surface area contributed by atoms with E-state index in [-0.39, 0.29) is 0 Å². The first-order valence-electron chi connectivity index (χ1n) is 8.04. The molecule has 27 heavy (non-hydrogen) atoms. The van der Waals surface area contributed by atoms with Crippen LogP contribution in [0.25, 0.3) is 0 Å². The van der Waals surface area contributed by atoms with Crippen molar-refractivity contribution in [3.8, 4) is 11.5 Å². The molecule has 1 unspecified atom stereocenters. The number of thioether (sulfide) groups is 1. The molecular weight excluding hydrogens is 390 g/mol. The molecule has 1 atom stereocenters. The van der Waals surface area contributed by atoms with E-state index in [1.54, 1.807) is 13.0 Å². The molecule has 0 aromatic heterocycles. The van der Waals surface area contributed by atoms with Crippen LogP contribution in [0.1, 0.15) is 6.92 Å². The molecule has 144 valence electrons. The molecule has 0 aliphatic rings. The second-order valence-corrected chi connectivity index (χ2v) is 7.24. The quantitative estimate of drug-likeness (QED) is 0.524. The molecular formula is C19H20ClNO5S. The largest absolute Gasteiger partial charge is 0.495 e. The third kappa shape index (κ3) is 6.08. The number of carbonyl (C=O) groups is 2. The van der Waals surface area contributed by atoms with Crippen molar-refractivity contribution < 1.29 is 23.8 Å². The number of esters is 1. The van der Waals surface area contributed by atoms with Gasteiger partial charge in [0.15, 0.2) is 6.61 Å². The number of anilines is 1. The van der Waals surface area contributed by atoms with Crippen molar-refractivity contribution in [2.24, 2.45) is 0 Å². The average Bonchev–Trinajstić information content (AvgIpc) is 2.67. The summed E-state index contributed by atoms with van der Waals surface area (Å²) in [7, 11) is 2.94. The molecule has 0 radical (unpaired) electrons.